The van der Waals surface area contributed by atoms with Gasteiger partial charge in [-0.15, -0.1) is 0 Å². The van der Waals surface area contributed by atoms with Gasteiger partial charge in [-0.3, -0.25) is 4.99 Å². The summed E-state index contributed by atoms with van der Waals surface area (Å²) in [7, 11) is 0. The smallest absolute Gasteiger partial charge is 0.0998 e. The van der Waals surface area contributed by atoms with E-state index in [1.807, 2.05) is 97.1 Å². The highest BCUT2D eigenvalue weighted by molar-refractivity contribution is 6.20. The van der Waals surface area contributed by atoms with E-state index in [1.54, 1.807) is 30.5 Å². The second-order valence-corrected chi connectivity index (χ2v) is 17.7. The largest absolute Gasteiger partial charge is 0.313 e. The van der Waals surface area contributed by atoms with Gasteiger partial charge in [0.25, 0.3) is 0 Å². The second-order valence-electron chi connectivity index (χ2n) is 17.7. The molecule has 0 fully saturated rings. The SMILES string of the molecule is C=N/C=C(\C(=C(/C)n1c2ccc(-c3cccc(C#N)c3)cc2c2cc(-c3cccc(C#N)c3)ccc21)c1ccccc1C#N)n1c2ccc(-c3cccc(C#N)c3)cc2c2cc(-c3cccc(C#N)c3)ccc21. The van der Waals surface area contributed by atoms with Crippen LogP contribution < -0.4 is 0 Å². The molecule has 0 saturated heterocycles. The maximum Gasteiger partial charge on any atom is 0.0998 e. The number of hydrogen-bond acceptors (Lipinski definition) is 6. The van der Waals surface area contributed by atoms with Gasteiger partial charge in [-0.25, -0.2) is 0 Å². The molecule has 0 N–H and O–H groups in total. The summed E-state index contributed by atoms with van der Waals surface area (Å²) in [5.41, 5.74) is 16.5. The molecule has 0 bridgehead atoms. The van der Waals surface area contributed by atoms with Crippen LogP contribution in [0.25, 0.3) is 105 Å². The molecule has 0 aliphatic carbocycles. The third kappa shape index (κ3) is 7.85. The van der Waals surface area contributed by atoms with Crippen LogP contribution in [0.5, 0.6) is 0 Å². The summed E-state index contributed by atoms with van der Waals surface area (Å²) in [5, 5.41) is 54.0. The van der Waals surface area contributed by atoms with Crippen LogP contribution >= 0.6 is 0 Å². The molecule has 9 aromatic carbocycles. The molecule has 8 heteroatoms. The van der Waals surface area contributed by atoms with Crippen molar-refractivity contribution in [2.24, 2.45) is 4.99 Å². The Kier molecular flexibility index (Phi) is 11.4. The monoisotopic (exact) mass is 930 g/mol. The lowest BCUT2D eigenvalue weighted by molar-refractivity contribution is 1.18. The maximum absolute atomic E-state index is 10.9. The van der Waals surface area contributed by atoms with Crippen LogP contribution in [-0.2, 0) is 0 Å². The number of nitriles is 5. The first-order valence-electron chi connectivity index (χ1n) is 23.4. The minimum atomic E-state index is 0.465. The number of allylic oxidation sites excluding steroid dienone is 3. The van der Waals surface area contributed by atoms with E-state index in [9.17, 15) is 26.3 Å². The number of aliphatic imine (C=N–C) groups is 1. The summed E-state index contributed by atoms with van der Waals surface area (Å²) in [5.74, 6) is 0. The number of hydrogen-bond donors (Lipinski definition) is 0. The summed E-state index contributed by atoms with van der Waals surface area (Å²) in [4.78, 5) is 4.52. The fraction of sp³-hybridized carbons (Fsp3) is 0.0154. The first-order chi connectivity index (χ1) is 35.8. The summed E-state index contributed by atoms with van der Waals surface area (Å²) in [6, 6.07) is 74.8. The number of rotatable bonds is 9. The highest BCUT2D eigenvalue weighted by Crippen LogP contribution is 2.45. The van der Waals surface area contributed by atoms with Crippen molar-refractivity contribution in [3.05, 3.63) is 234 Å². The molecule has 0 atom stereocenters. The van der Waals surface area contributed by atoms with Gasteiger partial charge in [0.05, 0.1) is 92.1 Å². The number of fused-ring (bicyclic) bond motifs is 6. The third-order valence-electron chi connectivity index (χ3n) is 13.6. The Morgan fingerprint density at radius 3 is 1.08 bits per heavy atom. The summed E-state index contributed by atoms with van der Waals surface area (Å²) in [6.45, 7) is 6.10. The molecule has 2 aromatic heterocycles. The molecule has 0 saturated carbocycles. The van der Waals surface area contributed by atoms with E-state index in [0.29, 0.717) is 39.1 Å². The van der Waals surface area contributed by atoms with Gasteiger partial charge in [0.15, 0.2) is 0 Å². The zero-order valence-corrected chi connectivity index (χ0v) is 39.3. The van der Waals surface area contributed by atoms with Crippen LogP contribution in [0.2, 0.25) is 0 Å². The molecule has 0 radical (unpaired) electrons. The van der Waals surface area contributed by atoms with E-state index >= 15 is 0 Å². The molecule has 338 valence electrons. The second kappa shape index (κ2) is 18.6. The molecule has 2 heterocycles. The molecule has 11 rings (SSSR count). The van der Waals surface area contributed by atoms with E-state index < -0.39 is 0 Å². The summed E-state index contributed by atoms with van der Waals surface area (Å²) in [6.07, 6.45) is 1.76. The number of benzene rings is 9. The minimum Gasteiger partial charge on any atom is -0.313 e. The highest BCUT2D eigenvalue weighted by Gasteiger charge is 2.25. The van der Waals surface area contributed by atoms with Crippen LogP contribution in [0.1, 0.15) is 40.3 Å². The van der Waals surface area contributed by atoms with Crippen molar-refractivity contribution in [1.82, 2.24) is 9.13 Å². The predicted molar refractivity (Wildman–Crippen MR) is 293 cm³/mol. The quantitative estimate of drug-likeness (QED) is 0.105. The highest BCUT2D eigenvalue weighted by atomic mass is 15.0. The molecule has 0 spiro atoms. The van der Waals surface area contributed by atoms with E-state index in [2.05, 4.69) is 131 Å². The van der Waals surface area contributed by atoms with Crippen LogP contribution in [-0.4, -0.2) is 15.9 Å². The normalized spacial score (nSPS) is 11.6. The topological polar surface area (TPSA) is 141 Å². The molecule has 73 heavy (non-hydrogen) atoms. The van der Waals surface area contributed by atoms with Gasteiger partial charge in [-0.2, -0.15) is 26.3 Å². The Bertz CT molecular complexity index is 4200. The summed E-state index contributed by atoms with van der Waals surface area (Å²) >= 11 is 0. The van der Waals surface area contributed by atoms with Crippen LogP contribution in [0.15, 0.2) is 205 Å². The van der Waals surface area contributed by atoms with Crippen molar-refractivity contribution in [3.8, 4) is 74.9 Å². The Morgan fingerprint density at radius 2 is 0.740 bits per heavy atom. The van der Waals surface area contributed by atoms with Gasteiger partial charge in [0.2, 0.25) is 0 Å². The third-order valence-corrected chi connectivity index (χ3v) is 13.6. The standard InChI is InChI=1S/C65H38N8/c1-41(72-60-23-19-50(46-14-5-9-42(27-46)35-66)31-56(60)57-32-51(20-24-61(57)72)47-15-6-10-43(28-47)36-67)65(55-18-4-3-13-54(55)39-70)64(40-71-2)73-62-25-21-52(48-16-7-11-44(29-48)37-68)33-58(62)59-34-53(22-26-63(59)73)49-17-8-12-45(30-49)38-69/h3-34,40H,2H2,1H3/b64-40+,65-41+. The zero-order valence-electron chi connectivity index (χ0n) is 39.3. The Morgan fingerprint density at radius 1 is 0.397 bits per heavy atom. The van der Waals surface area contributed by atoms with E-state index in [1.165, 1.54) is 0 Å². The lowest BCUT2D eigenvalue weighted by atomic mass is 9.95. The van der Waals surface area contributed by atoms with Crippen LogP contribution in [0, 0.1) is 56.7 Å². The molecule has 0 unspecified atom stereocenters. The molecule has 8 nitrogen and oxygen atoms in total. The van der Waals surface area contributed by atoms with Gasteiger partial charge < -0.3 is 9.13 Å². The van der Waals surface area contributed by atoms with Crippen molar-refractivity contribution < 1.29 is 0 Å². The van der Waals surface area contributed by atoms with E-state index in [0.717, 1.165) is 99.4 Å². The van der Waals surface area contributed by atoms with Crippen LogP contribution in [0.4, 0.5) is 0 Å². The van der Waals surface area contributed by atoms with Crippen molar-refractivity contribution in [2.75, 3.05) is 0 Å². The molecular weight excluding hydrogens is 893 g/mol. The van der Waals surface area contributed by atoms with Gasteiger partial charge >= 0.3 is 0 Å². The number of nitrogens with zero attached hydrogens (tertiary/aromatic N) is 8. The van der Waals surface area contributed by atoms with E-state index in [4.69, 9.17) is 0 Å². The van der Waals surface area contributed by atoms with E-state index in [-0.39, 0.29) is 0 Å². The van der Waals surface area contributed by atoms with Gasteiger partial charge in [-0.05, 0) is 161 Å². The van der Waals surface area contributed by atoms with Gasteiger partial charge in [0, 0.05) is 38.4 Å². The first-order valence-corrected chi connectivity index (χ1v) is 23.4. The molecule has 11 aromatic rings. The molecule has 0 aliphatic heterocycles. The van der Waals surface area contributed by atoms with Gasteiger partial charge in [-0.1, -0.05) is 91.0 Å². The molecule has 0 amide bonds. The van der Waals surface area contributed by atoms with Crippen molar-refractivity contribution in [1.29, 1.82) is 26.3 Å². The fourth-order valence-corrected chi connectivity index (χ4v) is 10.2. The molecule has 0 aliphatic rings. The summed E-state index contributed by atoms with van der Waals surface area (Å²) < 4.78 is 4.43. The molecular formula is C65H38N8. The average molecular weight is 931 g/mol. The van der Waals surface area contributed by atoms with Crippen molar-refractivity contribution >= 4 is 67.3 Å². The van der Waals surface area contributed by atoms with Crippen molar-refractivity contribution in [3.63, 3.8) is 0 Å². The van der Waals surface area contributed by atoms with Crippen LogP contribution in [0.3, 0.4) is 0 Å². The Hall–Kier alpha value is -10.8. The lowest BCUT2D eigenvalue weighted by Crippen LogP contribution is -2.07. The fourth-order valence-electron chi connectivity index (χ4n) is 10.2. The first kappa shape index (κ1) is 44.7. The number of aromatic nitrogens is 2. The van der Waals surface area contributed by atoms with Crippen molar-refractivity contribution in [2.45, 2.75) is 6.92 Å². The van der Waals surface area contributed by atoms with Gasteiger partial charge in [0.1, 0.15) is 0 Å². The lowest BCUT2D eigenvalue weighted by Gasteiger charge is -2.22. The Balaban J connectivity index is 1.23. The Labute approximate surface area is 421 Å². The zero-order chi connectivity index (χ0) is 50.2. The predicted octanol–water partition coefficient (Wildman–Crippen LogP) is 15.5. The maximum atomic E-state index is 10.9. The average Bonchev–Trinajstić information content (AvgIpc) is 3.96. The minimum absolute atomic E-state index is 0.465.